The Labute approximate surface area is 186 Å². The number of fused-ring (bicyclic) bond motifs is 1. The minimum absolute atomic E-state index is 0.0216. The maximum Gasteiger partial charge on any atom is 0.396 e. The second-order valence-corrected chi connectivity index (χ2v) is 9.15. The molecule has 0 saturated heterocycles. The van der Waals surface area contributed by atoms with Gasteiger partial charge in [0.15, 0.2) is 0 Å². The molecule has 0 spiro atoms. The van der Waals surface area contributed by atoms with Gasteiger partial charge in [-0.05, 0) is 42.5 Å². The van der Waals surface area contributed by atoms with Gasteiger partial charge in [-0.2, -0.15) is 4.31 Å². The zero-order valence-electron chi connectivity index (χ0n) is 16.8. The molecule has 4 aromatic rings. The molecule has 0 unspecified atom stereocenters. The zero-order valence-corrected chi connectivity index (χ0v) is 18.5. The quantitative estimate of drug-likeness (QED) is 0.420. The molecule has 11 heteroatoms. The van der Waals surface area contributed by atoms with Gasteiger partial charge < -0.3 is 13.9 Å². The highest BCUT2D eigenvalue weighted by molar-refractivity contribution is 7.93. The maximum atomic E-state index is 13.8. The van der Waals surface area contributed by atoms with E-state index in [2.05, 4.69) is 4.98 Å². The van der Waals surface area contributed by atoms with Crippen LogP contribution in [0.3, 0.4) is 0 Å². The fraction of sp³-hybridized carbons (Fsp3) is 0.0952. The van der Waals surface area contributed by atoms with Crippen molar-refractivity contribution >= 4 is 43.2 Å². The Balaban J connectivity index is 1.96. The second kappa shape index (κ2) is 8.44. The van der Waals surface area contributed by atoms with E-state index in [9.17, 15) is 18.0 Å². The highest BCUT2D eigenvalue weighted by atomic mass is 32.2. The van der Waals surface area contributed by atoms with Crippen molar-refractivity contribution in [2.45, 2.75) is 4.90 Å². The monoisotopic (exact) mass is 472 g/mol. The molecule has 0 aliphatic rings. The average Bonchev–Trinajstić information content (AvgIpc) is 3.18. The molecule has 2 aromatic heterocycles. The Morgan fingerprint density at radius 2 is 1.91 bits per heavy atom. The van der Waals surface area contributed by atoms with E-state index >= 15 is 0 Å². The lowest BCUT2D eigenvalue weighted by molar-refractivity contribution is 0.100. The van der Waals surface area contributed by atoms with Crippen molar-refractivity contribution in [2.75, 3.05) is 18.5 Å². The second-order valence-electron chi connectivity index (χ2n) is 6.42. The van der Waals surface area contributed by atoms with E-state index in [1.54, 1.807) is 6.07 Å². The predicted octanol–water partition coefficient (Wildman–Crippen LogP) is 3.30. The van der Waals surface area contributed by atoms with Crippen LogP contribution in [-0.2, 0) is 10.0 Å². The molecule has 164 valence electrons. The fourth-order valence-electron chi connectivity index (χ4n) is 3.04. The number of rotatable bonds is 6. The zero-order chi connectivity index (χ0) is 22.9. The van der Waals surface area contributed by atoms with E-state index in [4.69, 9.17) is 13.9 Å². The number of amides is 1. The van der Waals surface area contributed by atoms with E-state index < -0.39 is 20.9 Å². The van der Waals surface area contributed by atoms with Crippen LogP contribution in [-0.4, -0.2) is 33.5 Å². The standard InChI is InChI=1S/C21H16N2O7S2/c1-28-15-6-8-17(29-2)19(11-15)32(26,27)23(20(24)13-4-3-9-22-12-13)14-5-7-16-18(10-14)31-21(25)30-16/h3-12H,1-2H3. The third-order valence-corrected chi connectivity index (χ3v) is 7.05. The van der Waals surface area contributed by atoms with Crippen LogP contribution in [0.2, 0.25) is 0 Å². The Bertz CT molecular complexity index is 1460. The topological polar surface area (TPSA) is 116 Å². The van der Waals surface area contributed by atoms with Gasteiger partial charge in [0.25, 0.3) is 15.9 Å². The summed E-state index contributed by atoms with van der Waals surface area (Å²) in [5, 5.41) is 0. The highest BCUT2D eigenvalue weighted by Crippen LogP contribution is 2.35. The molecule has 32 heavy (non-hydrogen) atoms. The number of hydrogen-bond acceptors (Lipinski definition) is 9. The lowest BCUT2D eigenvalue weighted by atomic mass is 10.2. The summed E-state index contributed by atoms with van der Waals surface area (Å²) in [5.74, 6) is -0.538. The van der Waals surface area contributed by atoms with E-state index in [1.807, 2.05) is 0 Å². The molecule has 4 rings (SSSR count). The van der Waals surface area contributed by atoms with Crippen molar-refractivity contribution in [1.82, 2.24) is 4.98 Å². The Morgan fingerprint density at radius 1 is 1.09 bits per heavy atom. The first-order valence-corrected chi connectivity index (χ1v) is 11.4. The smallest absolute Gasteiger partial charge is 0.396 e. The third-order valence-electron chi connectivity index (χ3n) is 4.53. The third kappa shape index (κ3) is 3.83. The van der Waals surface area contributed by atoms with Crippen molar-refractivity contribution in [3.8, 4) is 11.5 Å². The minimum Gasteiger partial charge on any atom is -0.497 e. The van der Waals surface area contributed by atoms with E-state index in [0.717, 1.165) is 11.3 Å². The largest absolute Gasteiger partial charge is 0.497 e. The molecule has 2 aromatic carbocycles. The van der Waals surface area contributed by atoms with Crippen LogP contribution in [0.15, 0.2) is 75.0 Å². The summed E-state index contributed by atoms with van der Waals surface area (Å²) in [6.07, 6.45) is 2.73. The molecular formula is C21H16N2O7S2. The summed E-state index contributed by atoms with van der Waals surface area (Å²) in [6.45, 7) is 0. The summed E-state index contributed by atoms with van der Waals surface area (Å²) >= 11 is 0.799. The van der Waals surface area contributed by atoms with Crippen LogP contribution in [0.4, 0.5) is 5.69 Å². The van der Waals surface area contributed by atoms with Crippen LogP contribution in [0.25, 0.3) is 10.3 Å². The SMILES string of the molecule is COc1ccc(OC)c(S(=O)(=O)N(C(=O)c2cccnc2)c2ccc3oc(=O)sc3c2)c1. The highest BCUT2D eigenvalue weighted by Gasteiger charge is 2.35. The molecular weight excluding hydrogens is 456 g/mol. The Hall–Kier alpha value is -3.70. The number of hydrogen-bond donors (Lipinski definition) is 0. The number of pyridine rings is 1. The van der Waals surface area contributed by atoms with E-state index in [1.165, 1.54) is 69.1 Å². The van der Waals surface area contributed by atoms with Gasteiger partial charge in [-0.1, -0.05) is 11.3 Å². The molecule has 0 saturated carbocycles. The summed E-state index contributed by atoms with van der Waals surface area (Å²) in [6, 6.07) is 11.4. The lowest BCUT2D eigenvalue weighted by Gasteiger charge is -2.24. The number of aromatic nitrogens is 1. The van der Waals surface area contributed by atoms with Gasteiger partial charge in [-0.15, -0.1) is 0 Å². The van der Waals surface area contributed by atoms with Gasteiger partial charge in [-0.25, -0.2) is 13.2 Å². The number of ether oxygens (including phenoxy) is 2. The first-order valence-electron chi connectivity index (χ1n) is 9.10. The van der Waals surface area contributed by atoms with Crippen molar-refractivity contribution in [3.63, 3.8) is 0 Å². The van der Waals surface area contributed by atoms with Crippen LogP contribution in [0.1, 0.15) is 10.4 Å². The number of carbonyl (C=O) groups is 1. The summed E-state index contributed by atoms with van der Waals surface area (Å²) in [7, 11) is -1.77. The lowest BCUT2D eigenvalue weighted by Crippen LogP contribution is -2.37. The predicted molar refractivity (Wildman–Crippen MR) is 118 cm³/mol. The van der Waals surface area contributed by atoms with E-state index in [-0.39, 0.29) is 33.2 Å². The van der Waals surface area contributed by atoms with E-state index in [0.29, 0.717) is 9.01 Å². The maximum absolute atomic E-state index is 13.8. The van der Waals surface area contributed by atoms with Gasteiger partial charge >= 0.3 is 4.94 Å². The number of carbonyl (C=O) groups excluding carboxylic acids is 1. The molecule has 2 heterocycles. The number of benzene rings is 2. The van der Waals surface area contributed by atoms with Crippen LogP contribution in [0.5, 0.6) is 11.5 Å². The molecule has 0 bridgehead atoms. The molecule has 9 nitrogen and oxygen atoms in total. The number of methoxy groups -OCH3 is 2. The fourth-order valence-corrected chi connectivity index (χ4v) is 5.33. The Kier molecular flexibility index (Phi) is 5.68. The van der Waals surface area contributed by atoms with Crippen molar-refractivity contribution in [3.05, 3.63) is 76.2 Å². The average molecular weight is 473 g/mol. The number of nitrogens with zero attached hydrogens (tertiary/aromatic N) is 2. The van der Waals surface area contributed by atoms with Gasteiger partial charge in [0.2, 0.25) is 0 Å². The molecule has 0 fully saturated rings. The van der Waals surface area contributed by atoms with Crippen LogP contribution >= 0.6 is 11.3 Å². The summed E-state index contributed by atoms with van der Waals surface area (Å²) in [4.78, 5) is 28.1. The minimum atomic E-state index is -4.49. The van der Waals surface area contributed by atoms with Gasteiger partial charge in [0.1, 0.15) is 22.0 Å². The normalized spacial score (nSPS) is 11.3. The number of anilines is 1. The summed E-state index contributed by atoms with van der Waals surface area (Å²) < 4.78 is 44.1. The first kappa shape index (κ1) is 21.5. The van der Waals surface area contributed by atoms with Crippen molar-refractivity contribution in [1.29, 1.82) is 0 Å². The van der Waals surface area contributed by atoms with Gasteiger partial charge in [-0.3, -0.25) is 9.78 Å². The van der Waals surface area contributed by atoms with Crippen LogP contribution in [0, 0.1) is 0 Å². The first-order chi connectivity index (χ1) is 15.3. The van der Waals surface area contributed by atoms with Gasteiger partial charge in [0, 0.05) is 18.5 Å². The van der Waals surface area contributed by atoms with Gasteiger partial charge in [0.05, 0.1) is 30.2 Å². The number of sulfonamides is 1. The van der Waals surface area contributed by atoms with Crippen molar-refractivity contribution < 1.29 is 27.1 Å². The Morgan fingerprint density at radius 3 is 2.59 bits per heavy atom. The van der Waals surface area contributed by atoms with Crippen molar-refractivity contribution in [2.24, 2.45) is 0 Å². The molecule has 1 amide bonds. The molecule has 0 N–H and O–H groups in total. The molecule has 0 aliphatic heterocycles. The summed E-state index contributed by atoms with van der Waals surface area (Å²) in [5.41, 5.74) is 0.362. The van der Waals surface area contributed by atoms with Crippen LogP contribution < -0.4 is 18.7 Å². The molecule has 0 radical (unpaired) electrons. The molecule has 0 atom stereocenters. The molecule has 0 aliphatic carbocycles.